The molecule has 1 amide bonds. The van der Waals surface area contributed by atoms with Crippen molar-refractivity contribution in [2.45, 2.75) is 19.6 Å². The van der Waals surface area contributed by atoms with Gasteiger partial charge in [0.05, 0.1) is 6.04 Å². The van der Waals surface area contributed by atoms with Crippen LogP contribution in [0.5, 0.6) is 5.75 Å². The lowest BCUT2D eigenvalue weighted by molar-refractivity contribution is -0.0498. The van der Waals surface area contributed by atoms with Crippen molar-refractivity contribution in [3.8, 4) is 5.75 Å². The molecule has 2 aromatic rings. The maximum Gasteiger partial charge on any atom is 0.387 e. The molecule has 0 spiro atoms. The van der Waals surface area contributed by atoms with Crippen molar-refractivity contribution in [3.63, 3.8) is 0 Å². The zero-order valence-electron chi connectivity index (χ0n) is 11.7. The van der Waals surface area contributed by atoms with Crippen molar-refractivity contribution >= 4 is 5.91 Å². The van der Waals surface area contributed by atoms with E-state index in [9.17, 15) is 18.0 Å². The molecule has 0 aliphatic heterocycles. The Kier molecular flexibility index (Phi) is 5.04. The van der Waals surface area contributed by atoms with E-state index in [2.05, 4.69) is 10.1 Å². The van der Waals surface area contributed by atoms with Crippen molar-refractivity contribution in [1.29, 1.82) is 0 Å². The Morgan fingerprint density at radius 2 is 1.82 bits per heavy atom. The van der Waals surface area contributed by atoms with E-state index in [-0.39, 0.29) is 17.4 Å². The molecule has 0 saturated heterocycles. The third-order valence-corrected chi connectivity index (χ3v) is 3.04. The van der Waals surface area contributed by atoms with E-state index >= 15 is 0 Å². The van der Waals surface area contributed by atoms with Crippen LogP contribution >= 0.6 is 0 Å². The van der Waals surface area contributed by atoms with Crippen LogP contribution in [0.25, 0.3) is 0 Å². The fourth-order valence-electron chi connectivity index (χ4n) is 1.93. The average Bonchev–Trinajstić information content (AvgIpc) is 2.47. The largest absolute Gasteiger partial charge is 0.435 e. The van der Waals surface area contributed by atoms with Gasteiger partial charge in [-0.1, -0.05) is 18.2 Å². The monoisotopic (exact) mass is 309 g/mol. The summed E-state index contributed by atoms with van der Waals surface area (Å²) < 4.78 is 41.5. The molecule has 0 saturated carbocycles. The average molecular weight is 309 g/mol. The number of halogens is 3. The van der Waals surface area contributed by atoms with Crippen molar-refractivity contribution in [3.05, 3.63) is 65.5 Å². The molecular weight excluding hydrogens is 295 g/mol. The smallest absolute Gasteiger partial charge is 0.387 e. The first kappa shape index (κ1) is 15.9. The molecule has 0 radical (unpaired) electrons. The van der Waals surface area contributed by atoms with Crippen molar-refractivity contribution in [2.24, 2.45) is 0 Å². The Hall–Kier alpha value is -2.50. The van der Waals surface area contributed by atoms with Crippen LogP contribution in [-0.2, 0) is 0 Å². The lowest BCUT2D eigenvalue weighted by atomic mass is 10.1. The van der Waals surface area contributed by atoms with E-state index in [0.29, 0.717) is 5.56 Å². The number of amides is 1. The van der Waals surface area contributed by atoms with Gasteiger partial charge in [-0.2, -0.15) is 8.78 Å². The minimum atomic E-state index is -2.88. The number of hydrogen-bond donors (Lipinski definition) is 1. The molecule has 1 N–H and O–H groups in total. The number of alkyl halides is 2. The lowest BCUT2D eigenvalue weighted by Gasteiger charge is -2.15. The number of carbonyl (C=O) groups excluding carboxylic acids is 1. The van der Waals surface area contributed by atoms with Crippen molar-refractivity contribution in [2.75, 3.05) is 0 Å². The first-order valence-corrected chi connectivity index (χ1v) is 6.57. The highest BCUT2D eigenvalue weighted by molar-refractivity contribution is 5.94. The summed E-state index contributed by atoms with van der Waals surface area (Å²) >= 11 is 0. The third-order valence-electron chi connectivity index (χ3n) is 3.04. The standard InChI is InChI=1S/C16H14F3NO2/c1-10(11-5-7-14(8-6-11)22-16(18)19)20-15(21)12-3-2-4-13(17)9-12/h2-10,16H,1H3,(H,20,21)/t10-/m0/s1. The molecule has 2 rings (SSSR count). The van der Waals surface area contributed by atoms with Gasteiger partial charge in [0.2, 0.25) is 0 Å². The van der Waals surface area contributed by atoms with Gasteiger partial charge in [-0.05, 0) is 42.8 Å². The highest BCUT2D eigenvalue weighted by atomic mass is 19.3. The molecule has 6 heteroatoms. The maximum atomic E-state index is 13.1. The van der Waals surface area contributed by atoms with Crippen LogP contribution in [-0.4, -0.2) is 12.5 Å². The van der Waals surface area contributed by atoms with Crippen LogP contribution in [0, 0.1) is 5.82 Å². The van der Waals surface area contributed by atoms with Gasteiger partial charge in [0.25, 0.3) is 5.91 Å². The van der Waals surface area contributed by atoms with Crippen LogP contribution in [0.4, 0.5) is 13.2 Å². The minimum Gasteiger partial charge on any atom is -0.435 e. The molecule has 0 unspecified atom stereocenters. The fraction of sp³-hybridized carbons (Fsp3) is 0.188. The minimum absolute atomic E-state index is 0.0439. The molecule has 0 bridgehead atoms. The Morgan fingerprint density at radius 3 is 2.41 bits per heavy atom. The molecular formula is C16H14F3NO2. The normalized spacial score (nSPS) is 12.0. The highest BCUT2D eigenvalue weighted by Crippen LogP contribution is 2.19. The van der Waals surface area contributed by atoms with E-state index in [1.807, 2.05) is 0 Å². The summed E-state index contributed by atoms with van der Waals surface area (Å²) in [5.41, 5.74) is 0.927. The van der Waals surface area contributed by atoms with Crippen LogP contribution in [0.2, 0.25) is 0 Å². The van der Waals surface area contributed by atoms with Crippen LogP contribution < -0.4 is 10.1 Å². The van der Waals surface area contributed by atoms with Gasteiger partial charge in [-0.15, -0.1) is 0 Å². The van der Waals surface area contributed by atoms with Gasteiger partial charge < -0.3 is 10.1 Å². The summed E-state index contributed by atoms with van der Waals surface area (Å²) in [7, 11) is 0. The quantitative estimate of drug-likeness (QED) is 0.909. The van der Waals surface area contributed by atoms with Gasteiger partial charge in [0.1, 0.15) is 11.6 Å². The number of rotatable bonds is 5. The van der Waals surface area contributed by atoms with Crippen molar-refractivity contribution < 1.29 is 22.7 Å². The number of hydrogen-bond acceptors (Lipinski definition) is 2. The van der Waals surface area contributed by atoms with E-state index < -0.39 is 18.3 Å². The molecule has 3 nitrogen and oxygen atoms in total. The topological polar surface area (TPSA) is 38.3 Å². The van der Waals surface area contributed by atoms with Gasteiger partial charge in [0, 0.05) is 5.56 Å². The molecule has 0 aliphatic rings. The van der Waals surface area contributed by atoms with Gasteiger partial charge >= 0.3 is 6.61 Å². The summed E-state index contributed by atoms with van der Waals surface area (Å²) in [4.78, 5) is 12.0. The zero-order chi connectivity index (χ0) is 16.1. The SMILES string of the molecule is C[C@H](NC(=O)c1cccc(F)c1)c1ccc(OC(F)F)cc1. The first-order valence-electron chi connectivity index (χ1n) is 6.57. The highest BCUT2D eigenvalue weighted by Gasteiger charge is 2.12. The Balaban J connectivity index is 2.02. The molecule has 0 heterocycles. The first-order chi connectivity index (χ1) is 10.5. The summed E-state index contributed by atoms with van der Waals surface area (Å²) in [6.45, 7) is -1.14. The predicted molar refractivity (Wildman–Crippen MR) is 75.4 cm³/mol. The molecule has 0 aromatic heterocycles. The molecule has 0 aliphatic carbocycles. The van der Waals surface area contributed by atoms with Gasteiger partial charge in [-0.3, -0.25) is 4.79 Å². The van der Waals surface area contributed by atoms with Gasteiger partial charge in [0.15, 0.2) is 0 Å². The number of nitrogens with one attached hydrogen (secondary N) is 1. The number of benzene rings is 2. The number of ether oxygens (including phenoxy) is 1. The summed E-state index contributed by atoms with van der Waals surface area (Å²) in [6, 6.07) is 10.9. The maximum absolute atomic E-state index is 13.1. The summed E-state index contributed by atoms with van der Waals surface area (Å²) in [6.07, 6.45) is 0. The van der Waals surface area contributed by atoms with Gasteiger partial charge in [-0.25, -0.2) is 4.39 Å². The van der Waals surface area contributed by atoms with Crippen molar-refractivity contribution in [1.82, 2.24) is 5.32 Å². The van der Waals surface area contributed by atoms with E-state index in [1.54, 1.807) is 19.1 Å². The Bertz CT molecular complexity index is 644. The molecule has 0 fully saturated rings. The Labute approximate surface area is 125 Å². The van der Waals surface area contributed by atoms with Crippen LogP contribution in [0.3, 0.4) is 0 Å². The second-order valence-electron chi connectivity index (χ2n) is 4.65. The summed E-state index contributed by atoms with van der Waals surface area (Å²) in [5, 5.41) is 2.71. The summed E-state index contributed by atoms with van der Waals surface area (Å²) in [5.74, 6) is -0.865. The second kappa shape index (κ2) is 6.98. The second-order valence-corrected chi connectivity index (χ2v) is 4.65. The number of carbonyl (C=O) groups is 1. The van der Waals surface area contributed by atoms with Crippen LogP contribution in [0.1, 0.15) is 28.9 Å². The Morgan fingerprint density at radius 1 is 1.14 bits per heavy atom. The fourth-order valence-corrected chi connectivity index (χ4v) is 1.93. The van der Waals surface area contributed by atoms with E-state index in [1.165, 1.54) is 30.3 Å². The molecule has 1 atom stereocenters. The molecule has 22 heavy (non-hydrogen) atoms. The molecule has 116 valence electrons. The van der Waals surface area contributed by atoms with E-state index in [4.69, 9.17) is 0 Å². The third kappa shape index (κ3) is 4.25. The predicted octanol–water partition coefficient (Wildman–Crippen LogP) is 3.92. The lowest BCUT2D eigenvalue weighted by Crippen LogP contribution is -2.26. The van der Waals surface area contributed by atoms with Crippen LogP contribution in [0.15, 0.2) is 48.5 Å². The molecule has 2 aromatic carbocycles. The zero-order valence-corrected chi connectivity index (χ0v) is 11.7. The van der Waals surface area contributed by atoms with E-state index in [0.717, 1.165) is 6.07 Å².